The number of rotatable bonds is 6. The van der Waals surface area contributed by atoms with Gasteiger partial charge in [-0.2, -0.15) is 0 Å². The van der Waals surface area contributed by atoms with Gasteiger partial charge in [0.1, 0.15) is 5.69 Å². The van der Waals surface area contributed by atoms with Crippen LogP contribution in [-0.4, -0.2) is 10.5 Å². The van der Waals surface area contributed by atoms with Crippen LogP contribution < -0.4 is 5.32 Å². The summed E-state index contributed by atoms with van der Waals surface area (Å²) in [5.74, 6) is -0.0188. The van der Waals surface area contributed by atoms with Crippen molar-refractivity contribution >= 4 is 27.5 Å². The summed E-state index contributed by atoms with van der Waals surface area (Å²) in [6, 6.07) is 22.7. The summed E-state index contributed by atoms with van der Waals surface area (Å²) in [6.07, 6.45) is 0.901. The summed E-state index contributed by atoms with van der Waals surface area (Å²) in [6.45, 7) is 3.40. The van der Waals surface area contributed by atoms with Gasteiger partial charge in [-0.1, -0.05) is 54.6 Å². The Bertz CT molecular complexity index is 1060. The van der Waals surface area contributed by atoms with E-state index in [0.717, 1.165) is 34.4 Å². The number of benzene rings is 2. The van der Waals surface area contributed by atoms with Crippen LogP contribution in [0.4, 0.5) is 0 Å². The summed E-state index contributed by atoms with van der Waals surface area (Å²) in [4.78, 5) is 12.9. The van der Waals surface area contributed by atoms with E-state index in [1.807, 2.05) is 24.3 Å². The van der Waals surface area contributed by atoms with Crippen LogP contribution in [0.25, 0.3) is 10.2 Å². The van der Waals surface area contributed by atoms with Crippen molar-refractivity contribution < 1.29 is 4.79 Å². The van der Waals surface area contributed by atoms with E-state index >= 15 is 0 Å². The second-order valence-electron chi connectivity index (χ2n) is 6.70. The summed E-state index contributed by atoms with van der Waals surface area (Å²) in [5, 5.41) is 5.17. The van der Waals surface area contributed by atoms with E-state index in [9.17, 15) is 4.79 Å². The number of fused-ring (bicyclic) bond motifs is 1. The van der Waals surface area contributed by atoms with Crippen molar-refractivity contribution in [2.24, 2.45) is 0 Å². The summed E-state index contributed by atoms with van der Waals surface area (Å²) in [5.41, 5.74) is 5.49. The van der Waals surface area contributed by atoms with E-state index in [2.05, 4.69) is 64.7 Å². The van der Waals surface area contributed by atoms with Crippen molar-refractivity contribution in [2.75, 3.05) is 0 Å². The average molecular weight is 375 g/mol. The van der Waals surface area contributed by atoms with Gasteiger partial charge in [0.25, 0.3) is 5.91 Å². The SMILES string of the molecule is Cc1ccccc1CNC(=O)c1cc2sccc2n1CCc1ccccc1. The number of aryl methyl sites for hydroxylation is 3. The number of nitrogens with one attached hydrogen (secondary N) is 1. The first-order valence-corrected chi connectivity index (χ1v) is 10.0. The molecule has 2 aromatic heterocycles. The van der Waals surface area contributed by atoms with Gasteiger partial charge in [0, 0.05) is 13.1 Å². The molecule has 0 radical (unpaired) electrons. The molecule has 0 saturated carbocycles. The van der Waals surface area contributed by atoms with E-state index in [1.54, 1.807) is 11.3 Å². The molecule has 0 aliphatic heterocycles. The van der Waals surface area contributed by atoms with Gasteiger partial charge in [-0.05, 0) is 47.5 Å². The molecule has 0 bridgehead atoms. The lowest BCUT2D eigenvalue weighted by molar-refractivity contribution is 0.0942. The fraction of sp³-hybridized carbons (Fsp3) is 0.174. The Morgan fingerprint density at radius 3 is 2.63 bits per heavy atom. The fourth-order valence-electron chi connectivity index (χ4n) is 3.37. The molecule has 2 aromatic carbocycles. The lowest BCUT2D eigenvalue weighted by Gasteiger charge is -2.12. The molecule has 1 N–H and O–H groups in total. The molecule has 2 heterocycles. The first kappa shape index (κ1) is 17.6. The van der Waals surface area contributed by atoms with Gasteiger partial charge in [-0.3, -0.25) is 4.79 Å². The van der Waals surface area contributed by atoms with Crippen LogP contribution in [0.15, 0.2) is 72.1 Å². The second kappa shape index (κ2) is 7.80. The quantitative estimate of drug-likeness (QED) is 0.495. The molecule has 0 saturated heterocycles. The van der Waals surface area contributed by atoms with Crippen molar-refractivity contribution in [3.05, 3.63) is 94.5 Å². The minimum atomic E-state index is -0.0188. The maximum Gasteiger partial charge on any atom is 0.268 e. The first-order valence-electron chi connectivity index (χ1n) is 9.16. The van der Waals surface area contributed by atoms with Gasteiger partial charge in [-0.25, -0.2) is 0 Å². The van der Waals surface area contributed by atoms with E-state index < -0.39 is 0 Å². The largest absolute Gasteiger partial charge is 0.347 e. The molecule has 136 valence electrons. The molecule has 4 heteroatoms. The highest BCUT2D eigenvalue weighted by molar-refractivity contribution is 7.17. The molecular weight excluding hydrogens is 352 g/mol. The maximum absolute atomic E-state index is 12.9. The standard InChI is InChI=1S/C23H22N2OS/c1-17-7-5-6-10-19(17)16-24-23(26)21-15-22-20(12-14-27-22)25(21)13-11-18-8-3-2-4-9-18/h2-10,12,14-15H,11,13,16H2,1H3,(H,24,26). The van der Waals surface area contributed by atoms with E-state index in [-0.39, 0.29) is 5.91 Å². The maximum atomic E-state index is 12.9. The minimum absolute atomic E-state index is 0.0188. The molecule has 0 atom stereocenters. The normalized spacial score (nSPS) is 11.0. The molecule has 0 aliphatic carbocycles. The number of amides is 1. The van der Waals surface area contributed by atoms with E-state index in [0.29, 0.717) is 6.54 Å². The Hall–Kier alpha value is -2.85. The van der Waals surface area contributed by atoms with Crippen LogP contribution in [-0.2, 0) is 19.5 Å². The van der Waals surface area contributed by atoms with Crippen molar-refractivity contribution in [3.63, 3.8) is 0 Å². The van der Waals surface area contributed by atoms with Crippen molar-refractivity contribution in [2.45, 2.75) is 26.4 Å². The monoisotopic (exact) mass is 374 g/mol. The molecule has 0 unspecified atom stereocenters. The fourth-order valence-corrected chi connectivity index (χ4v) is 4.19. The lowest BCUT2D eigenvalue weighted by Crippen LogP contribution is -2.26. The van der Waals surface area contributed by atoms with Crippen LogP contribution in [0.5, 0.6) is 0 Å². The number of nitrogens with zero attached hydrogens (tertiary/aromatic N) is 1. The molecule has 0 spiro atoms. The topological polar surface area (TPSA) is 34.0 Å². The van der Waals surface area contributed by atoms with E-state index in [1.165, 1.54) is 11.1 Å². The smallest absolute Gasteiger partial charge is 0.268 e. The van der Waals surface area contributed by atoms with Gasteiger partial charge >= 0.3 is 0 Å². The van der Waals surface area contributed by atoms with Gasteiger partial charge in [0.15, 0.2) is 0 Å². The Kier molecular flexibility index (Phi) is 5.07. The molecule has 0 fully saturated rings. The highest BCUT2D eigenvalue weighted by Crippen LogP contribution is 2.26. The predicted octanol–water partition coefficient (Wildman–Crippen LogP) is 5.18. The van der Waals surface area contributed by atoms with Crippen molar-refractivity contribution in [3.8, 4) is 0 Å². The summed E-state index contributed by atoms with van der Waals surface area (Å²) < 4.78 is 3.30. The highest BCUT2D eigenvalue weighted by Gasteiger charge is 2.16. The molecule has 4 aromatic rings. The molecular formula is C23H22N2OS. The third-order valence-corrected chi connectivity index (χ3v) is 5.78. The average Bonchev–Trinajstić information content (AvgIpc) is 3.28. The van der Waals surface area contributed by atoms with Crippen LogP contribution in [0, 0.1) is 6.92 Å². The second-order valence-corrected chi connectivity index (χ2v) is 7.64. The van der Waals surface area contributed by atoms with E-state index in [4.69, 9.17) is 0 Å². The summed E-state index contributed by atoms with van der Waals surface area (Å²) in [7, 11) is 0. The third-order valence-electron chi connectivity index (χ3n) is 4.92. The predicted molar refractivity (Wildman–Crippen MR) is 112 cm³/mol. The van der Waals surface area contributed by atoms with Crippen LogP contribution in [0.3, 0.4) is 0 Å². The zero-order valence-electron chi connectivity index (χ0n) is 15.3. The molecule has 27 heavy (non-hydrogen) atoms. The molecule has 3 nitrogen and oxygen atoms in total. The summed E-state index contributed by atoms with van der Waals surface area (Å²) >= 11 is 1.68. The minimum Gasteiger partial charge on any atom is -0.347 e. The molecule has 0 aliphatic rings. The zero-order valence-corrected chi connectivity index (χ0v) is 16.1. The Morgan fingerprint density at radius 2 is 1.81 bits per heavy atom. The zero-order chi connectivity index (χ0) is 18.6. The number of carbonyl (C=O) groups excluding carboxylic acids is 1. The molecule has 4 rings (SSSR count). The van der Waals surface area contributed by atoms with Crippen LogP contribution >= 0.6 is 11.3 Å². The third kappa shape index (κ3) is 3.81. The number of hydrogen-bond donors (Lipinski definition) is 1. The number of aromatic nitrogens is 1. The molecule has 1 amide bonds. The first-order chi connectivity index (χ1) is 13.2. The van der Waals surface area contributed by atoms with Crippen LogP contribution in [0.2, 0.25) is 0 Å². The van der Waals surface area contributed by atoms with Gasteiger partial charge in [0.2, 0.25) is 0 Å². The Labute approximate surface area is 163 Å². The van der Waals surface area contributed by atoms with Crippen molar-refractivity contribution in [1.29, 1.82) is 0 Å². The number of thiophene rings is 1. The Balaban J connectivity index is 1.54. The van der Waals surface area contributed by atoms with Gasteiger partial charge in [0.05, 0.1) is 10.2 Å². The number of carbonyl (C=O) groups is 1. The van der Waals surface area contributed by atoms with Gasteiger partial charge in [-0.15, -0.1) is 11.3 Å². The van der Waals surface area contributed by atoms with Gasteiger partial charge < -0.3 is 9.88 Å². The van der Waals surface area contributed by atoms with Crippen molar-refractivity contribution in [1.82, 2.24) is 9.88 Å². The highest BCUT2D eigenvalue weighted by atomic mass is 32.1. The number of hydrogen-bond acceptors (Lipinski definition) is 2. The van der Waals surface area contributed by atoms with Crippen LogP contribution in [0.1, 0.15) is 27.2 Å². The lowest BCUT2D eigenvalue weighted by atomic mass is 10.1. The Morgan fingerprint density at radius 1 is 1.04 bits per heavy atom.